The summed E-state index contributed by atoms with van der Waals surface area (Å²) >= 11 is 0. The first-order chi connectivity index (χ1) is 28.0. The molecule has 2 aromatic heterocycles. The zero-order valence-electron chi connectivity index (χ0n) is 33.7. The summed E-state index contributed by atoms with van der Waals surface area (Å²) in [5.74, 6) is 0.516. The van der Waals surface area contributed by atoms with Gasteiger partial charge in [-0.25, -0.2) is 26.0 Å². The maximum absolute atomic E-state index is 10.2. The monoisotopic (exact) mass is 844 g/mol. The minimum atomic E-state index is -4.13. The molecule has 6 rings (SSSR count). The minimum Gasteiger partial charge on any atom is -0.748 e. The molecule has 0 saturated carbocycles. The van der Waals surface area contributed by atoms with Crippen LogP contribution in [0.25, 0.3) is 0 Å². The lowest BCUT2D eigenvalue weighted by Crippen LogP contribution is -2.25. The average molecular weight is 845 g/mol. The van der Waals surface area contributed by atoms with Gasteiger partial charge in [-0.1, -0.05) is 70.9 Å². The number of azo groups is 2. The number of benzene rings is 4. The van der Waals surface area contributed by atoms with Gasteiger partial charge in [-0.05, 0) is 89.1 Å². The number of nitrogens with zero attached hydrogens (tertiary/aromatic N) is 10. The molecule has 0 unspecified atom stereocenters. The molecule has 0 aliphatic carbocycles. The van der Waals surface area contributed by atoms with Crippen LogP contribution in [0.3, 0.4) is 0 Å². The second kappa shape index (κ2) is 21.5. The van der Waals surface area contributed by atoms with Crippen LogP contribution in [0, 0.1) is 13.8 Å². The average Bonchev–Trinajstić information content (AvgIpc) is 3.67. The highest BCUT2D eigenvalue weighted by molar-refractivity contribution is 7.85. The maximum atomic E-state index is 10.2. The van der Waals surface area contributed by atoms with Crippen LogP contribution < -0.4 is 19.8 Å². The molecule has 0 amide bonds. The molecule has 2 heterocycles. The summed E-state index contributed by atoms with van der Waals surface area (Å²) in [6.07, 6.45) is 4.38. The third-order valence-corrected chi connectivity index (χ3v) is 9.67. The third kappa shape index (κ3) is 15.9. The van der Waals surface area contributed by atoms with Crippen molar-refractivity contribution in [3.05, 3.63) is 132 Å². The van der Waals surface area contributed by atoms with Crippen molar-refractivity contribution in [1.82, 2.24) is 19.6 Å². The highest BCUT2D eigenvalue weighted by Gasteiger charge is 2.13. The largest absolute Gasteiger partial charge is 0.748 e. The highest BCUT2D eigenvalue weighted by Crippen LogP contribution is 2.24. The van der Waals surface area contributed by atoms with E-state index in [1.54, 1.807) is 82.7 Å². The fourth-order valence-electron chi connectivity index (χ4n) is 5.36. The zero-order valence-corrected chi connectivity index (χ0v) is 35.3. The van der Waals surface area contributed by atoms with Gasteiger partial charge in [-0.15, -0.1) is 9.36 Å². The summed E-state index contributed by atoms with van der Waals surface area (Å²) in [6, 6.07) is 28.8. The van der Waals surface area contributed by atoms with Crippen LogP contribution in [0.2, 0.25) is 0 Å². The van der Waals surface area contributed by atoms with E-state index in [2.05, 4.69) is 55.1 Å². The predicted molar refractivity (Wildman–Crippen MR) is 221 cm³/mol. The Bertz CT molecular complexity index is 2350. The van der Waals surface area contributed by atoms with E-state index in [1.165, 1.54) is 0 Å². The SMILES string of the molecule is Cc1cc(N=Nc2n(C)nc[n+]2C)ccc1NCCCNc1ccc(N=Nc2n(C)nc[n+]2C)cc1C.O=S(=O)([O-])Cc1ccccc1.O=S(=O)([O-])Cc1ccccc1. The Morgan fingerprint density at radius 3 is 1.27 bits per heavy atom. The molecule has 20 heteroatoms. The van der Waals surface area contributed by atoms with Crippen LogP contribution in [0.15, 0.2) is 130 Å². The van der Waals surface area contributed by atoms with Crippen molar-refractivity contribution in [2.75, 3.05) is 23.7 Å². The van der Waals surface area contributed by atoms with E-state index in [0.717, 1.165) is 53.4 Å². The van der Waals surface area contributed by atoms with Crippen LogP contribution in [-0.4, -0.2) is 58.6 Å². The number of anilines is 2. The maximum Gasteiger partial charge on any atom is 0.403 e. The lowest BCUT2D eigenvalue weighted by molar-refractivity contribution is -0.659. The topological polar surface area (TPSA) is 231 Å². The summed E-state index contributed by atoms with van der Waals surface area (Å²) in [4.78, 5) is 0. The Balaban J connectivity index is 0.000000282. The Labute approximate surface area is 344 Å². The van der Waals surface area contributed by atoms with Gasteiger partial charge in [0.1, 0.15) is 0 Å². The van der Waals surface area contributed by atoms with Gasteiger partial charge in [0.15, 0.2) is 0 Å². The molecule has 0 aliphatic heterocycles. The van der Waals surface area contributed by atoms with Gasteiger partial charge in [0.2, 0.25) is 12.7 Å². The zero-order chi connectivity index (χ0) is 43.0. The molecule has 6 aromatic rings. The lowest BCUT2D eigenvalue weighted by atomic mass is 10.1. The Morgan fingerprint density at radius 2 is 0.966 bits per heavy atom. The first-order valence-corrected chi connectivity index (χ1v) is 21.4. The van der Waals surface area contributed by atoms with Crippen molar-refractivity contribution in [2.24, 2.45) is 48.6 Å². The Hall–Kier alpha value is -6.22. The molecule has 4 aromatic carbocycles. The molecule has 0 bridgehead atoms. The van der Waals surface area contributed by atoms with Crippen LogP contribution in [-0.2, 0) is 59.9 Å². The number of aromatic nitrogens is 6. The molecule has 59 heavy (non-hydrogen) atoms. The molecule has 0 radical (unpaired) electrons. The van der Waals surface area contributed by atoms with Crippen LogP contribution >= 0.6 is 0 Å². The molecule has 0 fully saturated rings. The minimum absolute atomic E-state index is 0.423. The summed E-state index contributed by atoms with van der Waals surface area (Å²) in [5, 5.41) is 32.7. The van der Waals surface area contributed by atoms with E-state index in [1.807, 2.05) is 73.7 Å². The van der Waals surface area contributed by atoms with Gasteiger partial charge in [0, 0.05) is 34.7 Å². The Kier molecular flexibility index (Phi) is 16.6. The van der Waals surface area contributed by atoms with Crippen molar-refractivity contribution >= 4 is 54.9 Å². The van der Waals surface area contributed by atoms with Crippen LogP contribution in [0.4, 0.5) is 34.6 Å². The molecule has 18 nitrogen and oxygen atoms in total. The first-order valence-electron chi connectivity index (χ1n) is 18.2. The molecule has 0 saturated heterocycles. The molecule has 0 aliphatic rings. The first kappa shape index (κ1) is 45.5. The van der Waals surface area contributed by atoms with E-state index >= 15 is 0 Å². The summed E-state index contributed by atoms with van der Waals surface area (Å²) in [6.45, 7) is 5.85. The van der Waals surface area contributed by atoms with Crippen molar-refractivity contribution in [3.63, 3.8) is 0 Å². The number of hydrogen-bond donors (Lipinski definition) is 2. The lowest BCUT2D eigenvalue weighted by Gasteiger charge is -2.12. The van der Waals surface area contributed by atoms with E-state index in [4.69, 9.17) is 0 Å². The van der Waals surface area contributed by atoms with Crippen molar-refractivity contribution < 1.29 is 35.1 Å². The fourth-order valence-corrected chi connectivity index (χ4v) is 6.56. The Morgan fingerprint density at radius 1 is 0.593 bits per heavy atom. The normalized spacial score (nSPS) is 11.5. The van der Waals surface area contributed by atoms with Crippen molar-refractivity contribution in [3.8, 4) is 0 Å². The second-order valence-electron chi connectivity index (χ2n) is 13.3. The number of rotatable bonds is 14. The molecule has 0 spiro atoms. The molecule has 2 N–H and O–H groups in total. The van der Waals surface area contributed by atoms with Gasteiger partial charge in [0.05, 0.1) is 71.3 Å². The van der Waals surface area contributed by atoms with Gasteiger partial charge < -0.3 is 19.7 Å². The van der Waals surface area contributed by atoms with Crippen molar-refractivity contribution in [2.45, 2.75) is 31.8 Å². The summed E-state index contributed by atoms with van der Waals surface area (Å²) in [7, 11) is -0.787. The predicted octanol–water partition coefficient (Wildman–Crippen LogP) is 5.63. The van der Waals surface area contributed by atoms with Gasteiger partial charge in [-0.3, -0.25) is 0 Å². The van der Waals surface area contributed by atoms with E-state index in [9.17, 15) is 25.9 Å². The van der Waals surface area contributed by atoms with Gasteiger partial charge in [0.25, 0.3) is 0 Å². The van der Waals surface area contributed by atoms with Gasteiger partial charge in [-0.2, -0.15) is 0 Å². The summed E-state index contributed by atoms with van der Waals surface area (Å²) < 4.78 is 68.5. The summed E-state index contributed by atoms with van der Waals surface area (Å²) in [5.41, 5.74) is 7.11. The van der Waals surface area contributed by atoms with E-state index < -0.39 is 31.7 Å². The van der Waals surface area contributed by atoms with E-state index in [-0.39, 0.29) is 0 Å². The van der Waals surface area contributed by atoms with Gasteiger partial charge >= 0.3 is 11.9 Å². The van der Waals surface area contributed by atoms with Crippen molar-refractivity contribution in [1.29, 1.82) is 0 Å². The molecule has 0 atom stereocenters. The fraction of sp³-hybridized carbons (Fsp3) is 0.282. The molecular weight excluding hydrogens is 797 g/mol. The highest BCUT2D eigenvalue weighted by atomic mass is 32.2. The third-order valence-electron chi connectivity index (χ3n) is 8.29. The second-order valence-corrected chi connectivity index (χ2v) is 16.1. The number of aryl methyl sites for hydroxylation is 6. The standard InChI is InChI=1S/C25H32N12.2C7H8O3S/c1-18-14-20(30-32-24-34(3)16-28-36(24)5)8-10-22(18)26-12-7-13-27-23-11-9-21(15-19(23)2)31-33-25-35(4)17-29-37(25)6;2*8-11(9,10)6-7-4-2-1-3-5-7/h8-11,14-17H,7,12-13H2,1-6H3;2*1-5H,6H2,(H,8,9,10). The quantitative estimate of drug-likeness (QED) is 0.0594. The number of nitrogens with one attached hydrogen (secondary N) is 2. The van der Waals surface area contributed by atoms with Crippen LogP contribution in [0.1, 0.15) is 28.7 Å². The molecule has 312 valence electrons. The molecular formula is C39H48N12O6S2. The van der Waals surface area contributed by atoms with Crippen LogP contribution in [0.5, 0.6) is 0 Å². The van der Waals surface area contributed by atoms with E-state index in [0.29, 0.717) is 23.0 Å². The number of hydrogen-bond acceptors (Lipinski definition) is 14. The smallest absolute Gasteiger partial charge is 0.403 e.